The fourth-order valence-corrected chi connectivity index (χ4v) is 4.41. The van der Waals surface area contributed by atoms with E-state index in [0.29, 0.717) is 13.2 Å². The monoisotopic (exact) mass is 429 g/mol. The van der Waals surface area contributed by atoms with E-state index in [0.717, 1.165) is 52.3 Å². The summed E-state index contributed by atoms with van der Waals surface area (Å²) in [5, 5.41) is 2.28. The average molecular weight is 430 g/mol. The van der Waals surface area contributed by atoms with Crippen LogP contribution in [0.4, 0.5) is 0 Å². The molecule has 5 rings (SSSR count). The highest BCUT2D eigenvalue weighted by Crippen LogP contribution is 2.35. The Hall–Kier alpha value is -3.60. The molecule has 5 nitrogen and oxygen atoms in total. The van der Waals surface area contributed by atoms with Crippen molar-refractivity contribution in [2.24, 2.45) is 5.92 Å². The van der Waals surface area contributed by atoms with E-state index in [1.165, 1.54) is 5.39 Å². The van der Waals surface area contributed by atoms with Crippen molar-refractivity contribution in [3.05, 3.63) is 79.1 Å². The molecular weight excluding hydrogens is 402 g/mol. The van der Waals surface area contributed by atoms with Crippen LogP contribution in [0.1, 0.15) is 12.8 Å². The zero-order chi connectivity index (χ0) is 21.9. The molecule has 1 saturated heterocycles. The molecule has 2 atom stereocenters. The van der Waals surface area contributed by atoms with E-state index in [1.807, 2.05) is 48.5 Å². The number of methoxy groups -OCH3 is 1. The predicted octanol–water partition coefficient (Wildman–Crippen LogP) is 6.10. The molecular formula is C27H27NO4. The van der Waals surface area contributed by atoms with Crippen molar-refractivity contribution in [2.45, 2.75) is 18.9 Å². The van der Waals surface area contributed by atoms with E-state index in [1.54, 1.807) is 7.11 Å². The van der Waals surface area contributed by atoms with E-state index >= 15 is 0 Å². The second-order valence-electron chi connectivity index (χ2n) is 8.09. The normalized spacial score (nSPS) is 18.1. The van der Waals surface area contributed by atoms with Crippen LogP contribution < -0.4 is 14.2 Å². The lowest BCUT2D eigenvalue weighted by molar-refractivity contribution is 0.104. The van der Waals surface area contributed by atoms with Gasteiger partial charge in [0.05, 0.1) is 25.0 Å². The zero-order valence-corrected chi connectivity index (χ0v) is 18.2. The number of hydrogen-bond acceptors (Lipinski definition) is 4. The summed E-state index contributed by atoms with van der Waals surface area (Å²) in [7, 11) is 1.65. The Morgan fingerprint density at radius 2 is 1.66 bits per heavy atom. The molecule has 1 aromatic heterocycles. The van der Waals surface area contributed by atoms with Gasteiger partial charge in [-0.05, 0) is 43.2 Å². The Kier molecular flexibility index (Phi) is 5.63. The van der Waals surface area contributed by atoms with Crippen molar-refractivity contribution >= 4 is 21.8 Å². The minimum atomic E-state index is -0.0146. The number of benzene rings is 3. The van der Waals surface area contributed by atoms with E-state index < -0.39 is 0 Å². The molecule has 3 aromatic carbocycles. The largest absolute Gasteiger partial charge is 0.493 e. The smallest absolute Gasteiger partial charge is 0.161 e. The third-order valence-electron chi connectivity index (χ3n) is 6.03. The van der Waals surface area contributed by atoms with Gasteiger partial charge in [-0.15, -0.1) is 0 Å². The summed E-state index contributed by atoms with van der Waals surface area (Å²) in [6, 6.07) is 22.1. The Bertz CT molecular complexity index is 1240. The number of aromatic amines is 1. The van der Waals surface area contributed by atoms with Gasteiger partial charge in [-0.1, -0.05) is 43.0 Å². The van der Waals surface area contributed by atoms with Crippen LogP contribution in [0.3, 0.4) is 0 Å². The third-order valence-corrected chi connectivity index (χ3v) is 6.03. The fraction of sp³-hybridized carbons (Fsp3) is 0.259. The summed E-state index contributed by atoms with van der Waals surface area (Å²) in [6.07, 6.45) is 1.70. The average Bonchev–Trinajstić information content (AvgIpc) is 3.38. The summed E-state index contributed by atoms with van der Waals surface area (Å²) in [5.41, 5.74) is 2.19. The number of nitrogens with one attached hydrogen (secondary N) is 1. The quantitative estimate of drug-likeness (QED) is 0.368. The molecule has 1 aliphatic heterocycles. The van der Waals surface area contributed by atoms with Crippen LogP contribution in [0.25, 0.3) is 21.8 Å². The molecule has 0 aliphatic carbocycles. The van der Waals surface area contributed by atoms with Gasteiger partial charge >= 0.3 is 0 Å². The first-order valence-corrected chi connectivity index (χ1v) is 11.0. The van der Waals surface area contributed by atoms with Gasteiger partial charge in [0, 0.05) is 22.2 Å². The van der Waals surface area contributed by atoms with Gasteiger partial charge < -0.3 is 23.9 Å². The maximum Gasteiger partial charge on any atom is 0.161 e. The number of H-pyrrole nitrogens is 1. The number of rotatable bonds is 8. The number of allylic oxidation sites excluding steroid dienone is 1. The predicted molar refractivity (Wildman–Crippen MR) is 127 cm³/mol. The lowest BCUT2D eigenvalue weighted by atomic mass is 10.0. The number of para-hydroxylation sites is 3. The molecule has 1 aliphatic rings. The fourth-order valence-electron chi connectivity index (χ4n) is 4.41. The van der Waals surface area contributed by atoms with Gasteiger partial charge in [0.15, 0.2) is 11.5 Å². The van der Waals surface area contributed by atoms with Crippen LogP contribution in [-0.2, 0) is 4.74 Å². The summed E-state index contributed by atoms with van der Waals surface area (Å²) in [4.78, 5) is 3.46. The number of hydrogen-bond donors (Lipinski definition) is 1. The van der Waals surface area contributed by atoms with E-state index in [2.05, 4.69) is 29.8 Å². The first kappa shape index (κ1) is 20.3. The highest BCUT2D eigenvalue weighted by atomic mass is 16.5. The van der Waals surface area contributed by atoms with E-state index in [9.17, 15) is 0 Å². The molecule has 0 radical (unpaired) electrons. The van der Waals surface area contributed by atoms with Crippen LogP contribution in [0.2, 0.25) is 0 Å². The van der Waals surface area contributed by atoms with Crippen molar-refractivity contribution < 1.29 is 18.9 Å². The van der Waals surface area contributed by atoms with E-state index in [-0.39, 0.29) is 12.0 Å². The van der Waals surface area contributed by atoms with Crippen LogP contribution in [0.15, 0.2) is 79.1 Å². The second-order valence-corrected chi connectivity index (χ2v) is 8.09. The highest BCUT2D eigenvalue weighted by Gasteiger charge is 2.30. The van der Waals surface area contributed by atoms with E-state index in [4.69, 9.17) is 18.9 Å². The second kappa shape index (κ2) is 8.87. The maximum atomic E-state index is 6.24. The molecule has 32 heavy (non-hydrogen) atoms. The molecule has 0 bridgehead atoms. The van der Waals surface area contributed by atoms with Gasteiger partial charge in [0.25, 0.3) is 0 Å². The van der Waals surface area contributed by atoms with Crippen LogP contribution in [0.5, 0.6) is 17.2 Å². The zero-order valence-electron chi connectivity index (χ0n) is 18.2. The molecule has 0 amide bonds. The lowest BCUT2D eigenvalue weighted by Gasteiger charge is -2.13. The number of ether oxygens (including phenoxy) is 4. The summed E-state index contributed by atoms with van der Waals surface area (Å²) >= 11 is 0. The topological polar surface area (TPSA) is 52.7 Å². The molecule has 164 valence electrons. The van der Waals surface area contributed by atoms with Crippen molar-refractivity contribution in [3.63, 3.8) is 0 Å². The van der Waals surface area contributed by atoms with Gasteiger partial charge in [0.1, 0.15) is 18.5 Å². The molecule has 2 heterocycles. The van der Waals surface area contributed by atoms with Crippen molar-refractivity contribution in [1.82, 2.24) is 4.98 Å². The molecule has 1 fully saturated rings. The summed E-state index contributed by atoms with van der Waals surface area (Å²) in [6.45, 7) is 5.19. The highest BCUT2D eigenvalue weighted by molar-refractivity contribution is 6.10. The van der Waals surface area contributed by atoms with Crippen molar-refractivity contribution in [2.75, 3.05) is 20.3 Å². The molecule has 0 spiro atoms. The third kappa shape index (κ3) is 3.98. The van der Waals surface area contributed by atoms with Crippen molar-refractivity contribution in [1.29, 1.82) is 0 Å². The maximum absolute atomic E-state index is 6.24. The van der Waals surface area contributed by atoms with Crippen molar-refractivity contribution in [3.8, 4) is 17.2 Å². The molecule has 1 N–H and O–H groups in total. The molecule has 5 heteroatoms. The van der Waals surface area contributed by atoms with Crippen LogP contribution in [0, 0.1) is 5.92 Å². The lowest BCUT2D eigenvalue weighted by Crippen LogP contribution is -2.16. The SMILES string of the molecule is C=C1OC(COc2cccc3[nH]c4ccccc4c23)CC1CCOc1ccccc1OC. The molecule has 0 saturated carbocycles. The minimum absolute atomic E-state index is 0.0146. The Morgan fingerprint density at radius 1 is 0.906 bits per heavy atom. The van der Waals surface area contributed by atoms with Crippen LogP contribution in [-0.4, -0.2) is 31.4 Å². The first-order valence-electron chi connectivity index (χ1n) is 11.0. The Morgan fingerprint density at radius 3 is 2.53 bits per heavy atom. The molecule has 2 unspecified atom stereocenters. The van der Waals surface area contributed by atoms with Gasteiger partial charge in [-0.3, -0.25) is 0 Å². The molecule has 4 aromatic rings. The summed E-state index contributed by atoms with van der Waals surface area (Å²) < 4.78 is 23.5. The number of aromatic nitrogens is 1. The minimum Gasteiger partial charge on any atom is -0.493 e. The van der Waals surface area contributed by atoms with Gasteiger partial charge in [0.2, 0.25) is 0 Å². The standard InChI is InChI=1S/C27H27NO4/c1-18-19(14-15-30-25-12-6-5-11-24(25)29-2)16-20(32-18)17-31-26-13-7-10-23-27(26)21-8-3-4-9-22(21)28-23/h3-13,19-20,28H,1,14-17H2,2H3. The Labute approximate surface area is 187 Å². The number of fused-ring (bicyclic) bond motifs is 3. The first-order chi connectivity index (χ1) is 15.7. The summed E-state index contributed by atoms with van der Waals surface area (Å²) in [5.74, 6) is 3.44. The van der Waals surface area contributed by atoms with Crippen LogP contribution >= 0.6 is 0 Å². The van der Waals surface area contributed by atoms with Gasteiger partial charge in [-0.25, -0.2) is 0 Å². The Balaban J connectivity index is 1.19. The van der Waals surface area contributed by atoms with Gasteiger partial charge in [-0.2, -0.15) is 0 Å².